The van der Waals surface area contributed by atoms with Crippen molar-refractivity contribution < 1.29 is 5.11 Å². The van der Waals surface area contributed by atoms with Gasteiger partial charge in [-0.25, -0.2) is 4.68 Å². The molecule has 0 aliphatic heterocycles. The fraction of sp³-hybridized carbons (Fsp3) is 0.163. The molecule has 0 unspecified atom stereocenters. The summed E-state index contributed by atoms with van der Waals surface area (Å²) >= 11 is 0. The molecule has 7 rings (SSSR count). The Morgan fingerprint density at radius 3 is 1.86 bits per heavy atom. The van der Waals surface area contributed by atoms with Gasteiger partial charge in [-0.15, -0.1) is 0 Å². The van der Waals surface area contributed by atoms with E-state index in [1.54, 1.807) is 29.2 Å². The molecule has 0 atom stereocenters. The smallest absolute Gasteiger partial charge is 0.279 e. The third-order valence-electron chi connectivity index (χ3n) is 9.56. The molecule has 0 fully saturated rings. The lowest BCUT2D eigenvalue weighted by atomic mass is 9.66. The van der Waals surface area contributed by atoms with E-state index in [0.717, 1.165) is 27.6 Å². The van der Waals surface area contributed by atoms with Gasteiger partial charge in [0.25, 0.3) is 5.56 Å². The number of aliphatic hydroxyl groups excluding tert-OH is 1. The summed E-state index contributed by atoms with van der Waals surface area (Å²) in [6, 6.07) is 44.5. The second kappa shape index (κ2) is 13.1. The Bertz CT molecular complexity index is 2300. The molecule has 0 spiro atoms. The van der Waals surface area contributed by atoms with E-state index in [1.165, 1.54) is 4.68 Å². The summed E-state index contributed by atoms with van der Waals surface area (Å²) in [4.78, 5) is 13.8. The predicted octanol–water partition coefficient (Wildman–Crippen LogP) is 7.81. The highest BCUT2D eigenvalue weighted by molar-refractivity contribution is 5.82. The number of rotatable bonds is 8. The molecule has 0 amide bonds. The van der Waals surface area contributed by atoms with Crippen LogP contribution in [0.15, 0.2) is 145 Å². The summed E-state index contributed by atoms with van der Waals surface area (Å²) in [7, 11) is 0. The van der Waals surface area contributed by atoms with E-state index in [9.17, 15) is 15.2 Å². The molecule has 5 aromatic carbocycles. The quantitative estimate of drug-likeness (QED) is 0.169. The van der Waals surface area contributed by atoms with Crippen LogP contribution in [-0.4, -0.2) is 24.7 Å². The van der Waals surface area contributed by atoms with Crippen molar-refractivity contribution in [3.63, 3.8) is 0 Å². The van der Waals surface area contributed by atoms with Crippen LogP contribution >= 0.6 is 0 Å². The topological polar surface area (TPSA) is 96.7 Å². The average molecular weight is 656 g/mol. The Kier molecular flexibility index (Phi) is 8.48. The van der Waals surface area contributed by atoms with Crippen LogP contribution in [0.25, 0.3) is 22.1 Å². The molecule has 2 heterocycles. The van der Waals surface area contributed by atoms with Gasteiger partial charge in [0.2, 0.25) is 0 Å². The summed E-state index contributed by atoms with van der Waals surface area (Å²) in [6.07, 6.45) is 3.79. The molecule has 7 aromatic rings. The largest absolute Gasteiger partial charge is 0.392 e. The van der Waals surface area contributed by atoms with Crippen LogP contribution in [0.1, 0.15) is 59.8 Å². The molecule has 0 saturated heterocycles. The van der Waals surface area contributed by atoms with E-state index in [1.807, 2.05) is 78.9 Å². The van der Waals surface area contributed by atoms with E-state index in [-0.39, 0.29) is 17.6 Å². The Hall–Kier alpha value is -6.10. The molecule has 0 bridgehead atoms. The van der Waals surface area contributed by atoms with Gasteiger partial charge in [-0.2, -0.15) is 20.1 Å². The molecule has 7 nitrogen and oxygen atoms in total. The molecular formula is C43H37N5O2. The second-order valence-electron chi connectivity index (χ2n) is 13.6. The fourth-order valence-corrected chi connectivity index (χ4v) is 6.91. The highest BCUT2D eigenvalue weighted by Crippen LogP contribution is 2.42. The SMILES string of the molecule is CC(C)(C)c1ccc2c(=O)n(-c3cccc(-n4cc(C#N)c(CC(c5ccccc5)(c5ccccc5)c5ccccc5)n4)c3CO)ncc2c1. The number of benzene rings is 5. The zero-order valence-corrected chi connectivity index (χ0v) is 28.3. The molecule has 0 aliphatic carbocycles. The average Bonchev–Trinajstić information content (AvgIpc) is 3.56. The number of hydrogen-bond acceptors (Lipinski definition) is 5. The molecule has 0 saturated carbocycles. The lowest BCUT2D eigenvalue weighted by Gasteiger charge is -2.35. The van der Waals surface area contributed by atoms with Gasteiger partial charge >= 0.3 is 0 Å². The molecule has 2 aromatic heterocycles. The van der Waals surface area contributed by atoms with Crippen molar-refractivity contribution in [1.29, 1.82) is 5.26 Å². The van der Waals surface area contributed by atoms with E-state index >= 15 is 0 Å². The van der Waals surface area contributed by atoms with Crippen LogP contribution in [0.5, 0.6) is 0 Å². The fourth-order valence-electron chi connectivity index (χ4n) is 6.91. The Morgan fingerprint density at radius 2 is 1.32 bits per heavy atom. The van der Waals surface area contributed by atoms with Crippen LogP contribution in [0.4, 0.5) is 0 Å². The van der Waals surface area contributed by atoms with Gasteiger partial charge in [-0.1, -0.05) is 124 Å². The predicted molar refractivity (Wildman–Crippen MR) is 197 cm³/mol. The molecule has 7 heteroatoms. The van der Waals surface area contributed by atoms with Crippen LogP contribution in [0, 0.1) is 11.3 Å². The summed E-state index contributed by atoms with van der Waals surface area (Å²) in [5.74, 6) is 0. The molecule has 0 radical (unpaired) electrons. The molecule has 50 heavy (non-hydrogen) atoms. The lowest BCUT2D eigenvalue weighted by Crippen LogP contribution is -2.32. The van der Waals surface area contributed by atoms with Crippen molar-refractivity contribution >= 4 is 10.8 Å². The van der Waals surface area contributed by atoms with Crippen molar-refractivity contribution in [1.82, 2.24) is 19.6 Å². The van der Waals surface area contributed by atoms with E-state index in [4.69, 9.17) is 5.10 Å². The zero-order valence-electron chi connectivity index (χ0n) is 28.3. The Morgan fingerprint density at radius 1 is 0.740 bits per heavy atom. The highest BCUT2D eigenvalue weighted by Gasteiger charge is 2.38. The number of nitriles is 1. The summed E-state index contributed by atoms with van der Waals surface area (Å²) in [6.45, 7) is 6.02. The molecular weight excluding hydrogens is 619 g/mol. The monoisotopic (exact) mass is 655 g/mol. The summed E-state index contributed by atoms with van der Waals surface area (Å²) < 4.78 is 2.96. The molecule has 0 aliphatic rings. The summed E-state index contributed by atoms with van der Waals surface area (Å²) in [5, 5.41) is 32.1. The van der Waals surface area contributed by atoms with E-state index in [0.29, 0.717) is 40.0 Å². The van der Waals surface area contributed by atoms with Crippen LogP contribution in [0.2, 0.25) is 0 Å². The van der Waals surface area contributed by atoms with E-state index in [2.05, 4.69) is 68.3 Å². The second-order valence-corrected chi connectivity index (χ2v) is 13.6. The van der Waals surface area contributed by atoms with Crippen molar-refractivity contribution in [3.8, 4) is 17.4 Å². The summed E-state index contributed by atoms with van der Waals surface area (Å²) in [5.41, 5.74) is 5.80. The number of fused-ring (bicyclic) bond motifs is 1. The Balaban J connectivity index is 1.37. The first-order valence-electron chi connectivity index (χ1n) is 16.7. The van der Waals surface area contributed by atoms with Gasteiger partial charge < -0.3 is 5.11 Å². The minimum Gasteiger partial charge on any atom is -0.392 e. The zero-order chi connectivity index (χ0) is 34.9. The maximum atomic E-state index is 13.8. The third kappa shape index (κ3) is 5.70. The minimum atomic E-state index is -0.661. The first-order chi connectivity index (χ1) is 24.2. The normalized spacial score (nSPS) is 11.8. The van der Waals surface area contributed by atoms with Gasteiger partial charge in [-0.3, -0.25) is 4.79 Å². The van der Waals surface area contributed by atoms with Gasteiger partial charge in [-0.05, 0) is 51.9 Å². The minimum absolute atomic E-state index is 0.0741. The number of nitrogens with zero attached hydrogens (tertiary/aromatic N) is 5. The van der Waals surface area contributed by atoms with Gasteiger partial charge in [0, 0.05) is 23.6 Å². The maximum Gasteiger partial charge on any atom is 0.279 e. The van der Waals surface area contributed by atoms with Crippen LogP contribution < -0.4 is 5.56 Å². The van der Waals surface area contributed by atoms with Crippen LogP contribution in [-0.2, 0) is 23.9 Å². The van der Waals surface area contributed by atoms with E-state index < -0.39 is 5.41 Å². The van der Waals surface area contributed by atoms with Crippen molar-refractivity contribution in [2.45, 2.75) is 44.6 Å². The highest BCUT2D eigenvalue weighted by atomic mass is 16.3. The molecule has 1 N–H and O–H groups in total. The van der Waals surface area contributed by atoms with Crippen molar-refractivity contribution in [2.75, 3.05) is 0 Å². The van der Waals surface area contributed by atoms with Gasteiger partial charge in [0.1, 0.15) is 6.07 Å². The first kappa shape index (κ1) is 32.4. The van der Waals surface area contributed by atoms with Crippen molar-refractivity contribution in [2.24, 2.45) is 0 Å². The number of aromatic nitrogens is 4. The molecule has 246 valence electrons. The number of aliphatic hydroxyl groups is 1. The van der Waals surface area contributed by atoms with Gasteiger partial charge in [0.15, 0.2) is 0 Å². The van der Waals surface area contributed by atoms with Crippen LogP contribution in [0.3, 0.4) is 0 Å². The lowest BCUT2D eigenvalue weighted by molar-refractivity contribution is 0.280. The van der Waals surface area contributed by atoms with Crippen molar-refractivity contribution in [3.05, 3.63) is 189 Å². The third-order valence-corrected chi connectivity index (χ3v) is 9.56. The maximum absolute atomic E-state index is 13.8. The number of hydrogen-bond donors (Lipinski definition) is 1. The first-order valence-corrected chi connectivity index (χ1v) is 16.7. The van der Waals surface area contributed by atoms with Gasteiger partial charge in [0.05, 0.1) is 46.2 Å². The standard InChI is InChI=1S/C43H37N5O2/c1-42(2,3)35-22-23-36-30(24-35)27-45-48(41(36)50)40-21-13-20-39(37(40)29-49)47-28-31(26-44)38(46-47)25-43(32-14-7-4-8-15-32,33-16-9-5-10-17-33)34-18-11-6-12-19-34/h4-24,27-28,49H,25,29H2,1-3H3. The Labute approximate surface area is 291 Å².